The molecule has 2 saturated carbocycles. The molecule has 1 unspecified atom stereocenters. The summed E-state index contributed by atoms with van der Waals surface area (Å²) in [5, 5.41) is 22.3. The van der Waals surface area contributed by atoms with E-state index in [1.165, 1.54) is 0 Å². The Morgan fingerprint density at radius 3 is 2.43 bits per heavy atom. The van der Waals surface area contributed by atoms with Crippen molar-refractivity contribution >= 4 is 17.7 Å². The highest BCUT2D eigenvalue weighted by atomic mass is 16.7. The molecule has 7 nitrogen and oxygen atoms in total. The molecule has 2 aliphatic heterocycles. The molecule has 2 aliphatic carbocycles. The lowest BCUT2D eigenvalue weighted by molar-refractivity contribution is -0.224. The van der Waals surface area contributed by atoms with E-state index in [2.05, 4.69) is 0 Å². The van der Waals surface area contributed by atoms with Crippen LogP contribution in [0.3, 0.4) is 0 Å². The smallest absolute Gasteiger partial charge is 0.339 e. The van der Waals surface area contributed by atoms with Gasteiger partial charge in [-0.15, -0.1) is 0 Å². The Morgan fingerprint density at radius 1 is 1.17 bits per heavy atom. The number of Topliss-reactive ketones (excluding diaryl/α,β-unsaturated/α-hetero) is 1. The molecule has 0 amide bonds. The zero-order chi connectivity index (χ0) is 17.0. The molecule has 0 aromatic carbocycles. The first-order valence-electron chi connectivity index (χ1n) is 7.86. The van der Waals surface area contributed by atoms with E-state index in [0.717, 1.165) is 0 Å². The van der Waals surface area contributed by atoms with Gasteiger partial charge in [0.1, 0.15) is 11.2 Å². The third-order valence-corrected chi connectivity index (χ3v) is 6.68. The molecular weight excluding hydrogens is 304 g/mol. The number of rotatable bonds is 0. The normalized spacial score (nSPS) is 51.3. The van der Waals surface area contributed by atoms with Crippen molar-refractivity contribution in [2.24, 2.45) is 22.2 Å². The first-order chi connectivity index (χ1) is 10.5. The van der Waals surface area contributed by atoms with E-state index in [1.807, 2.05) is 0 Å². The van der Waals surface area contributed by atoms with Gasteiger partial charge in [-0.3, -0.25) is 9.59 Å². The lowest BCUT2D eigenvalue weighted by atomic mass is 9.52. The van der Waals surface area contributed by atoms with Gasteiger partial charge in [-0.25, -0.2) is 4.79 Å². The quantitative estimate of drug-likeness (QED) is 0.600. The van der Waals surface area contributed by atoms with Crippen LogP contribution in [0.25, 0.3) is 0 Å². The van der Waals surface area contributed by atoms with Crippen LogP contribution >= 0.6 is 0 Å². The molecule has 0 aromatic heterocycles. The van der Waals surface area contributed by atoms with E-state index < -0.39 is 52.1 Å². The van der Waals surface area contributed by atoms with Crippen molar-refractivity contribution < 1.29 is 34.1 Å². The molecule has 2 saturated heterocycles. The molecule has 0 radical (unpaired) electrons. The van der Waals surface area contributed by atoms with Crippen molar-refractivity contribution in [3.05, 3.63) is 0 Å². The van der Waals surface area contributed by atoms with Gasteiger partial charge < -0.3 is 19.7 Å². The second kappa shape index (κ2) is 3.78. The Kier molecular flexibility index (Phi) is 2.48. The second-order valence-corrected chi connectivity index (χ2v) is 8.35. The first kappa shape index (κ1) is 15.1. The summed E-state index contributed by atoms with van der Waals surface area (Å²) < 4.78 is 10.4. The minimum absolute atomic E-state index is 0.116. The van der Waals surface area contributed by atoms with E-state index in [9.17, 15) is 24.6 Å². The van der Waals surface area contributed by atoms with Gasteiger partial charge in [0.15, 0.2) is 6.10 Å². The third kappa shape index (κ3) is 1.24. The number of carbonyl (C=O) groups is 3. The molecule has 4 rings (SSSR count). The number of ether oxygens (including phenoxy) is 2. The van der Waals surface area contributed by atoms with Gasteiger partial charge >= 0.3 is 11.9 Å². The molecule has 0 aromatic rings. The van der Waals surface area contributed by atoms with Gasteiger partial charge in [0.25, 0.3) is 6.29 Å². The maximum Gasteiger partial charge on any atom is 0.339 e. The third-order valence-electron chi connectivity index (χ3n) is 6.68. The zero-order valence-corrected chi connectivity index (χ0v) is 13.3. The average Bonchev–Trinajstić information content (AvgIpc) is 3.00. The highest BCUT2D eigenvalue weighted by Crippen LogP contribution is 2.77. The van der Waals surface area contributed by atoms with Crippen LogP contribution in [0.2, 0.25) is 0 Å². The van der Waals surface area contributed by atoms with Crippen LogP contribution in [0.4, 0.5) is 0 Å². The van der Waals surface area contributed by atoms with E-state index in [0.29, 0.717) is 0 Å². The summed E-state index contributed by atoms with van der Waals surface area (Å²) in [6.07, 6.45) is -2.87. The van der Waals surface area contributed by atoms with Crippen LogP contribution in [0, 0.1) is 22.2 Å². The first-order valence-corrected chi connectivity index (χ1v) is 7.86. The molecule has 7 heteroatoms. The van der Waals surface area contributed by atoms with Crippen molar-refractivity contribution in [3.63, 3.8) is 0 Å². The molecule has 23 heavy (non-hydrogen) atoms. The summed E-state index contributed by atoms with van der Waals surface area (Å²) in [6.45, 7) is 5.36. The lowest BCUT2D eigenvalue weighted by Gasteiger charge is -2.50. The van der Waals surface area contributed by atoms with Crippen LogP contribution in [-0.4, -0.2) is 45.9 Å². The summed E-state index contributed by atoms with van der Waals surface area (Å²) in [5.41, 5.74) is -5.35. The summed E-state index contributed by atoms with van der Waals surface area (Å²) in [6, 6.07) is 0. The Morgan fingerprint density at radius 2 is 1.83 bits per heavy atom. The number of esters is 2. The topological polar surface area (TPSA) is 110 Å². The van der Waals surface area contributed by atoms with Gasteiger partial charge in [-0.1, -0.05) is 20.8 Å². The summed E-state index contributed by atoms with van der Waals surface area (Å²) in [4.78, 5) is 36.8. The molecule has 4 aliphatic rings. The number of carbonyl (C=O) groups excluding carboxylic acids is 3. The summed E-state index contributed by atoms with van der Waals surface area (Å²) in [7, 11) is 0. The number of aliphatic hydroxyl groups is 2. The van der Waals surface area contributed by atoms with Gasteiger partial charge in [-0.2, -0.15) is 0 Å². The Balaban J connectivity index is 2.05. The fraction of sp³-hybridized carbons (Fsp3) is 0.812. The predicted molar refractivity (Wildman–Crippen MR) is 73.6 cm³/mol. The minimum Gasteiger partial charge on any atom is -0.424 e. The highest BCUT2D eigenvalue weighted by Gasteiger charge is 2.91. The Labute approximate surface area is 132 Å². The largest absolute Gasteiger partial charge is 0.424 e. The fourth-order valence-electron chi connectivity index (χ4n) is 5.71. The SMILES string of the molecule is CC(C)(C)[C@]1(O)C[C@@H]2CC(=O)C[C@@]23C(=O)OC2OC(=O)[C@H](O)[C@]213. The van der Waals surface area contributed by atoms with Crippen LogP contribution < -0.4 is 0 Å². The molecular formula is C16H20O7. The number of ketones is 1. The van der Waals surface area contributed by atoms with Gasteiger partial charge in [0.2, 0.25) is 0 Å². The van der Waals surface area contributed by atoms with Gasteiger partial charge in [-0.05, 0) is 17.8 Å². The molecule has 2 heterocycles. The lowest BCUT2D eigenvalue weighted by Crippen LogP contribution is -2.65. The maximum absolute atomic E-state index is 12.7. The molecule has 2 spiro atoms. The van der Waals surface area contributed by atoms with E-state index in [1.54, 1.807) is 20.8 Å². The van der Waals surface area contributed by atoms with Crippen LogP contribution in [0.5, 0.6) is 0 Å². The van der Waals surface area contributed by atoms with E-state index >= 15 is 0 Å². The minimum atomic E-state index is -1.70. The average molecular weight is 324 g/mol. The molecule has 2 N–H and O–H groups in total. The maximum atomic E-state index is 12.7. The number of hydrogen-bond donors (Lipinski definition) is 2. The van der Waals surface area contributed by atoms with Crippen molar-refractivity contribution in [2.45, 2.75) is 58.0 Å². The van der Waals surface area contributed by atoms with Crippen molar-refractivity contribution in [1.29, 1.82) is 0 Å². The zero-order valence-electron chi connectivity index (χ0n) is 13.3. The van der Waals surface area contributed by atoms with Crippen molar-refractivity contribution in [2.75, 3.05) is 0 Å². The summed E-state index contributed by atoms with van der Waals surface area (Å²) >= 11 is 0. The van der Waals surface area contributed by atoms with E-state index in [-0.39, 0.29) is 25.0 Å². The number of aliphatic hydroxyl groups excluding tert-OH is 1. The van der Waals surface area contributed by atoms with Crippen LogP contribution in [-0.2, 0) is 23.9 Å². The molecule has 6 atom stereocenters. The van der Waals surface area contributed by atoms with Crippen molar-refractivity contribution in [3.8, 4) is 0 Å². The van der Waals surface area contributed by atoms with Gasteiger partial charge in [0, 0.05) is 12.8 Å². The van der Waals surface area contributed by atoms with Crippen LogP contribution in [0.1, 0.15) is 40.0 Å². The highest BCUT2D eigenvalue weighted by molar-refractivity contribution is 5.97. The Bertz CT molecular complexity index is 649. The number of hydrogen-bond acceptors (Lipinski definition) is 7. The summed E-state index contributed by atoms with van der Waals surface area (Å²) in [5.74, 6) is -2.13. The molecule has 0 bridgehead atoms. The monoisotopic (exact) mass is 324 g/mol. The van der Waals surface area contributed by atoms with Crippen molar-refractivity contribution in [1.82, 2.24) is 0 Å². The molecule has 126 valence electrons. The van der Waals surface area contributed by atoms with Gasteiger partial charge in [0.05, 0.1) is 11.0 Å². The Hall–Kier alpha value is -1.47. The van der Waals surface area contributed by atoms with Crippen LogP contribution in [0.15, 0.2) is 0 Å². The second-order valence-electron chi connectivity index (χ2n) is 8.35. The fourth-order valence-corrected chi connectivity index (χ4v) is 5.71. The predicted octanol–water partition coefficient (Wildman–Crippen LogP) is -0.0802. The molecule has 4 fully saturated rings. The standard InChI is InChI=1S/C16H20O7/c1-13(2,3)15(21)5-7-4-8(17)6-14(7)11(20)23-12-16(14,15)9(18)10(19)22-12/h7,9,12,18,21H,4-6H2,1-3H3/t7-,9-,12?,14-,15+,16+/m0/s1. The van der Waals surface area contributed by atoms with E-state index in [4.69, 9.17) is 9.47 Å².